The van der Waals surface area contributed by atoms with Crippen molar-refractivity contribution in [3.63, 3.8) is 0 Å². The third-order valence-electron chi connectivity index (χ3n) is 1.90. The molecule has 0 radical (unpaired) electrons. The molecule has 0 bridgehead atoms. The third kappa shape index (κ3) is 2.80. The maximum Gasteiger partial charge on any atom is 0.260 e. The van der Waals surface area contributed by atoms with Crippen LogP contribution >= 0.6 is 27.3 Å². The number of amides is 1. The first-order valence-corrected chi connectivity index (χ1v) is 6.08. The van der Waals surface area contributed by atoms with Crippen molar-refractivity contribution in [3.05, 3.63) is 39.6 Å². The number of carbonyl (C=O) groups excluding carboxylic acids is 1. The van der Waals surface area contributed by atoms with E-state index in [0.29, 0.717) is 5.13 Å². The topological polar surface area (TPSA) is 62.2 Å². The quantitative estimate of drug-likeness (QED) is 0.895. The molecule has 4 nitrogen and oxygen atoms in total. The maximum atomic E-state index is 13.4. The van der Waals surface area contributed by atoms with Crippen LogP contribution in [0.4, 0.5) is 9.52 Å². The Morgan fingerprint density at radius 3 is 2.88 bits per heavy atom. The van der Waals surface area contributed by atoms with Crippen molar-refractivity contribution in [1.82, 2.24) is 4.98 Å². The van der Waals surface area contributed by atoms with Crippen LogP contribution in [-0.2, 0) is 0 Å². The predicted octanol–water partition coefficient (Wildman–Crippen LogP) is 3.00. The minimum Gasteiger partial charge on any atom is -0.508 e. The van der Waals surface area contributed by atoms with Gasteiger partial charge in [-0.15, -0.1) is 0 Å². The molecule has 0 saturated heterocycles. The van der Waals surface area contributed by atoms with Crippen molar-refractivity contribution >= 4 is 38.3 Å². The summed E-state index contributed by atoms with van der Waals surface area (Å²) in [6.07, 6.45) is 1.54. The Morgan fingerprint density at radius 1 is 1.53 bits per heavy atom. The van der Waals surface area contributed by atoms with Gasteiger partial charge in [-0.3, -0.25) is 10.1 Å². The first-order chi connectivity index (χ1) is 8.06. The summed E-state index contributed by atoms with van der Waals surface area (Å²) in [5.41, 5.74) is -0.144. The highest BCUT2D eigenvalue weighted by atomic mass is 79.9. The molecule has 0 aliphatic rings. The number of phenolic OH excluding ortho intramolecular Hbond substituents is 1. The number of hydrogen-bond donors (Lipinski definition) is 2. The number of anilines is 1. The van der Waals surface area contributed by atoms with E-state index in [9.17, 15) is 9.18 Å². The van der Waals surface area contributed by atoms with Gasteiger partial charge in [0, 0.05) is 6.07 Å². The zero-order chi connectivity index (χ0) is 12.4. The van der Waals surface area contributed by atoms with Crippen LogP contribution < -0.4 is 5.32 Å². The van der Waals surface area contributed by atoms with Gasteiger partial charge in [0.1, 0.15) is 11.6 Å². The first kappa shape index (κ1) is 12.0. The van der Waals surface area contributed by atoms with Gasteiger partial charge in [0.15, 0.2) is 5.13 Å². The zero-order valence-corrected chi connectivity index (χ0v) is 10.7. The summed E-state index contributed by atoms with van der Waals surface area (Å²) in [7, 11) is 0. The van der Waals surface area contributed by atoms with E-state index >= 15 is 0 Å². The lowest BCUT2D eigenvalue weighted by Gasteiger charge is -2.03. The monoisotopic (exact) mass is 316 g/mol. The minimum atomic E-state index is -0.780. The molecule has 1 aromatic carbocycles. The number of thiazole rings is 1. The molecule has 1 aromatic heterocycles. The van der Waals surface area contributed by atoms with Gasteiger partial charge in [-0.05, 0) is 28.1 Å². The Morgan fingerprint density at radius 2 is 2.29 bits per heavy atom. The molecular formula is C10H6BrFN2O2S. The molecule has 2 rings (SSSR count). The second kappa shape index (κ2) is 4.80. The number of nitrogens with zero attached hydrogens (tertiary/aromatic N) is 1. The number of hydrogen-bond acceptors (Lipinski definition) is 4. The number of carbonyl (C=O) groups is 1. The minimum absolute atomic E-state index is 0.144. The number of rotatable bonds is 2. The van der Waals surface area contributed by atoms with Gasteiger partial charge in [-0.25, -0.2) is 9.37 Å². The van der Waals surface area contributed by atoms with Crippen molar-refractivity contribution in [2.45, 2.75) is 0 Å². The van der Waals surface area contributed by atoms with E-state index < -0.39 is 11.7 Å². The number of aromatic nitrogens is 1. The summed E-state index contributed by atoms with van der Waals surface area (Å²) in [6, 6.07) is 3.34. The largest absolute Gasteiger partial charge is 0.508 e. The average Bonchev–Trinajstić information content (AvgIpc) is 2.63. The average molecular weight is 317 g/mol. The van der Waals surface area contributed by atoms with Gasteiger partial charge in [-0.2, -0.15) is 0 Å². The highest BCUT2D eigenvalue weighted by Crippen LogP contribution is 2.24. The Kier molecular flexibility index (Phi) is 3.39. The standard InChI is InChI=1S/C10H6BrFN2O2S/c11-8-4-13-10(17-8)14-9(16)6-2-1-5(15)3-7(6)12/h1-4,15H,(H,13,14,16). The van der Waals surface area contributed by atoms with Crippen LogP contribution in [0.5, 0.6) is 5.75 Å². The number of nitrogens with one attached hydrogen (secondary N) is 1. The van der Waals surface area contributed by atoms with Crippen molar-refractivity contribution in [1.29, 1.82) is 0 Å². The fourth-order valence-corrected chi connectivity index (χ4v) is 2.27. The van der Waals surface area contributed by atoms with Crippen molar-refractivity contribution in [2.75, 3.05) is 5.32 Å². The van der Waals surface area contributed by atoms with E-state index in [4.69, 9.17) is 5.11 Å². The van der Waals surface area contributed by atoms with E-state index in [1.807, 2.05) is 0 Å². The fraction of sp³-hybridized carbons (Fsp3) is 0. The van der Waals surface area contributed by atoms with Gasteiger partial charge in [0.05, 0.1) is 15.5 Å². The van der Waals surface area contributed by atoms with Crippen LogP contribution in [0.1, 0.15) is 10.4 Å². The van der Waals surface area contributed by atoms with Crippen LogP contribution in [0.3, 0.4) is 0 Å². The molecule has 0 aliphatic carbocycles. The summed E-state index contributed by atoms with van der Waals surface area (Å²) in [5, 5.41) is 11.9. The van der Waals surface area contributed by atoms with E-state index in [1.165, 1.54) is 29.7 Å². The molecule has 0 fully saturated rings. The molecular weight excluding hydrogens is 311 g/mol. The van der Waals surface area contributed by atoms with Crippen LogP contribution in [0.15, 0.2) is 28.2 Å². The first-order valence-electron chi connectivity index (χ1n) is 4.47. The van der Waals surface area contributed by atoms with Gasteiger partial charge in [0.25, 0.3) is 5.91 Å². The molecule has 0 saturated carbocycles. The van der Waals surface area contributed by atoms with E-state index in [0.717, 1.165) is 9.85 Å². The summed E-state index contributed by atoms with van der Waals surface area (Å²) in [4.78, 5) is 15.6. The van der Waals surface area contributed by atoms with Gasteiger partial charge >= 0.3 is 0 Å². The molecule has 2 N–H and O–H groups in total. The number of aromatic hydroxyl groups is 1. The van der Waals surface area contributed by atoms with E-state index in [1.54, 1.807) is 0 Å². The molecule has 1 amide bonds. The molecule has 2 aromatic rings. The van der Waals surface area contributed by atoms with E-state index in [-0.39, 0.29) is 11.3 Å². The van der Waals surface area contributed by atoms with Crippen LogP contribution in [0.2, 0.25) is 0 Å². The molecule has 7 heteroatoms. The lowest BCUT2D eigenvalue weighted by atomic mass is 10.2. The number of phenols is 1. The second-order valence-electron chi connectivity index (χ2n) is 3.09. The van der Waals surface area contributed by atoms with Crippen molar-refractivity contribution < 1.29 is 14.3 Å². The summed E-state index contributed by atoms with van der Waals surface area (Å²) >= 11 is 4.42. The van der Waals surface area contributed by atoms with Crippen LogP contribution in [0, 0.1) is 5.82 Å². The van der Waals surface area contributed by atoms with Gasteiger partial charge < -0.3 is 5.11 Å². The highest BCUT2D eigenvalue weighted by molar-refractivity contribution is 9.11. The smallest absolute Gasteiger partial charge is 0.260 e. The highest BCUT2D eigenvalue weighted by Gasteiger charge is 2.13. The number of benzene rings is 1. The molecule has 1 heterocycles. The molecule has 0 spiro atoms. The van der Waals surface area contributed by atoms with Crippen LogP contribution in [0.25, 0.3) is 0 Å². The summed E-state index contributed by atoms with van der Waals surface area (Å²) in [5.74, 6) is -1.61. The Hall–Kier alpha value is -1.47. The Bertz CT molecular complexity index is 573. The Labute approximate surface area is 108 Å². The summed E-state index contributed by atoms with van der Waals surface area (Å²) in [6.45, 7) is 0. The van der Waals surface area contributed by atoms with Crippen molar-refractivity contribution in [3.8, 4) is 5.75 Å². The maximum absolute atomic E-state index is 13.4. The third-order valence-corrected chi connectivity index (χ3v) is 3.29. The molecule has 0 aliphatic heterocycles. The zero-order valence-electron chi connectivity index (χ0n) is 8.28. The SMILES string of the molecule is O=C(Nc1ncc(Br)s1)c1ccc(O)cc1F. The van der Waals surface area contributed by atoms with Gasteiger partial charge in [0.2, 0.25) is 0 Å². The van der Waals surface area contributed by atoms with Gasteiger partial charge in [-0.1, -0.05) is 11.3 Å². The molecule has 0 atom stereocenters. The Balaban J connectivity index is 2.20. The molecule has 17 heavy (non-hydrogen) atoms. The lowest BCUT2D eigenvalue weighted by Crippen LogP contribution is -2.13. The van der Waals surface area contributed by atoms with Crippen LogP contribution in [-0.4, -0.2) is 16.0 Å². The molecule has 88 valence electrons. The van der Waals surface area contributed by atoms with E-state index in [2.05, 4.69) is 26.2 Å². The second-order valence-corrected chi connectivity index (χ2v) is 5.50. The lowest BCUT2D eigenvalue weighted by molar-refractivity contribution is 0.102. The molecule has 0 unspecified atom stereocenters. The van der Waals surface area contributed by atoms with Crippen molar-refractivity contribution in [2.24, 2.45) is 0 Å². The normalized spacial score (nSPS) is 10.2. The number of halogens is 2. The predicted molar refractivity (Wildman–Crippen MR) is 65.8 cm³/mol. The fourth-order valence-electron chi connectivity index (χ4n) is 1.16. The summed E-state index contributed by atoms with van der Waals surface area (Å²) < 4.78 is 14.1.